The number of aromatic nitrogens is 2. The number of carbonyl (C=O) groups is 2. The summed E-state index contributed by atoms with van der Waals surface area (Å²) in [5, 5.41) is 20.2. The largest absolute Gasteiger partial charge is 0.387 e. The highest BCUT2D eigenvalue weighted by Crippen LogP contribution is 2.18. The number of rotatable bonds is 15. The van der Waals surface area contributed by atoms with E-state index >= 15 is 0 Å². The molecular formula is C40H45N5O3. The van der Waals surface area contributed by atoms with Crippen molar-refractivity contribution in [2.24, 2.45) is 0 Å². The molecule has 2 amide bonds. The first-order chi connectivity index (χ1) is 23.2. The lowest BCUT2D eigenvalue weighted by Gasteiger charge is -2.18. The van der Waals surface area contributed by atoms with Gasteiger partial charge in [-0.3, -0.25) is 9.59 Å². The first-order valence-corrected chi connectivity index (χ1v) is 16.5. The smallest absolute Gasteiger partial charge is 0.251 e. The maximum absolute atomic E-state index is 12.7. The Hall–Kier alpha value is -5.05. The van der Waals surface area contributed by atoms with Crippen LogP contribution in [0, 0.1) is 13.8 Å². The lowest BCUT2D eigenvalue weighted by atomic mass is 10.0. The van der Waals surface area contributed by atoms with Crippen LogP contribution in [0.4, 0.5) is 0 Å². The van der Waals surface area contributed by atoms with Gasteiger partial charge in [-0.05, 0) is 86.2 Å². The second kappa shape index (κ2) is 16.7. The topological polar surface area (TPSA) is 108 Å². The number of pyridine rings is 1. The zero-order valence-corrected chi connectivity index (χ0v) is 27.9. The fraction of sp³-hybridized carbons (Fsp3) is 0.275. The van der Waals surface area contributed by atoms with Crippen LogP contribution >= 0.6 is 0 Å². The fourth-order valence-corrected chi connectivity index (χ4v) is 5.77. The van der Waals surface area contributed by atoms with E-state index < -0.39 is 6.10 Å². The standard InChI is InChI=1S/C40H45N5O3/c1-28(42-27-37(46)36-18-19-38(43-26-36)45-29(2)12-13-30(45)3)22-33-10-7-11-34(23-33)24-39(47)44-25-32-14-16-35(17-15-32)40(48)41-21-20-31-8-5-4-6-9-31/h4-19,23,26,28,37,42,46H,20-22,24-25,27H2,1-3H3,(H,41,48)(H,44,47). The van der Waals surface area contributed by atoms with E-state index in [9.17, 15) is 14.7 Å². The van der Waals surface area contributed by atoms with Crippen LogP contribution in [0.2, 0.25) is 0 Å². The third kappa shape index (κ3) is 9.73. The van der Waals surface area contributed by atoms with Crippen LogP contribution in [-0.4, -0.2) is 45.6 Å². The summed E-state index contributed by atoms with van der Waals surface area (Å²) in [6.07, 6.45) is 2.89. The quantitative estimate of drug-likeness (QED) is 0.119. The number of nitrogens with zero attached hydrogens (tertiary/aromatic N) is 2. The van der Waals surface area contributed by atoms with Crippen molar-refractivity contribution in [2.75, 3.05) is 13.1 Å². The highest BCUT2D eigenvalue weighted by Gasteiger charge is 2.13. The lowest BCUT2D eigenvalue weighted by Crippen LogP contribution is -2.32. The van der Waals surface area contributed by atoms with Crippen LogP contribution in [0.5, 0.6) is 0 Å². The Morgan fingerprint density at radius 2 is 1.50 bits per heavy atom. The highest BCUT2D eigenvalue weighted by molar-refractivity contribution is 5.94. The average molecular weight is 644 g/mol. The van der Waals surface area contributed by atoms with Gasteiger partial charge in [0.1, 0.15) is 5.82 Å². The molecule has 0 spiro atoms. The molecule has 0 aliphatic heterocycles. The molecule has 2 aromatic heterocycles. The SMILES string of the molecule is Cc1ccc(C)n1-c1ccc(C(O)CNC(C)Cc2cccc(CC(=O)NCc3ccc(C(=O)NCCc4ccccc4)cc3)c2)cn1. The van der Waals surface area contributed by atoms with Crippen LogP contribution in [0.25, 0.3) is 5.82 Å². The van der Waals surface area contributed by atoms with E-state index in [1.165, 1.54) is 5.56 Å². The van der Waals surface area contributed by atoms with E-state index in [2.05, 4.69) is 56.7 Å². The van der Waals surface area contributed by atoms with Gasteiger partial charge in [0.05, 0.1) is 12.5 Å². The second-order valence-corrected chi connectivity index (χ2v) is 12.4. The second-order valence-electron chi connectivity index (χ2n) is 12.4. The summed E-state index contributed by atoms with van der Waals surface area (Å²) >= 11 is 0. The van der Waals surface area contributed by atoms with Crippen molar-refractivity contribution < 1.29 is 14.7 Å². The summed E-state index contributed by atoms with van der Waals surface area (Å²) < 4.78 is 2.09. The van der Waals surface area contributed by atoms with Gasteiger partial charge in [-0.25, -0.2) is 4.98 Å². The van der Waals surface area contributed by atoms with Gasteiger partial charge in [0.25, 0.3) is 5.91 Å². The van der Waals surface area contributed by atoms with Crippen LogP contribution in [0.1, 0.15) is 62.6 Å². The van der Waals surface area contributed by atoms with Crippen molar-refractivity contribution in [2.45, 2.75) is 58.7 Å². The first kappa shape index (κ1) is 34.3. The molecule has 2 heterocycles. The predicted molar refractivity (Wildman–Crippen MR) is 190 cm³/mol. The van der Waals surface area contributed by atoms with Gasteiger partial charge in [-0.15, -0.1) is 0 Å². The van der Waals surface area contributed by atoms with Gasteiger partial charge in [-0.1, -0.05) is 72.8 Å². The summed E-state index contributed by atoms with van der Waals surface area (Å²) in [7, 11) is 0. The Balaban J connectivity index is 1.02. The molecule has 0 saturated heterocycles. The molecule has 8 heteroatoms. The Labute approximate surface area is 283 Å². The first-order valence-electron chi connectivity index (χ1n) is 16.5. The minimum atomic E-state index is -0.672. The molecule has 0 saturated carbocycles. The molecule has 2 unspecified atom stereocenters. The van der Waals surface area contributed by atoms with Crippen molar-refractivity contribution >= 4 is 11.8 Å². The minimum absolute atomic E-state index is 0.0640. The number of benzene rings is 3. The fourth-order valence-electron chi connectivity index (χ4n) is 5.77. The number of aryl methyl sites for hydroxylation is 2. The molecule has 5 aromatic rings. The molecule has 4 N–H and O–H groups in total. The monoisotopic (exact) mass is 643 g/mol. The Morgan fingerprint density at radius 1 is 0.792 bits per heavy atom. The van der Waals surface area contributed by atoms with E-state index in [0.29, 0.717) is 25.2 Å². The van der Waals surface area contributed by atoms with E-state index in [-0.39, 0.29) is 24.3 Å². The van der Waals surface area contributed by atoms with Crippen LogP contribution in [0.3, 0.4) is 0 Å². The van der Waals surface area contributed by atoms with Crippen molar-refractivity contribution in [3.8, 4) is 5.82 Å². The molecule has 3 aromatic carbocycles. The number of nitrogens with one attached hydrogen (secondary N) is 3. The molecule has 5 rings (SSSR count). The van der Waals surface area contributed by atoms with Crippen LogP contribution in [-0.2, 0) is 30.6 Å². The summed E-state index contributed by atoms with van der Waals surface area (Å²) in [6, 6.07) is 33.6. The van der Waals surface area contributed by atoms with Gasteiger partial charge < -0.3 is 25.6 Å². The molecule has 0 aliphatic carbocycles. The van der Waals surface area contributed by atoms with Crippen molar-refractivity contribution in [3.63, 3.8) is 0 Å². The van der Waals surface area contributed by atoms with Gasteiger partial charge in [0.15, 0.2) is 0 Å². The summed E-state index contributed by atoms with van der Waals surface area (Å²) in [5.74, 6) is 0.667. The normalized spacial score (nSPS) is 12.3. The lowest BCUT2D eigenvalue weighted by molar-refractivity contribution is -0.120. The minimum Gasteiger partial charge on any atom is -0.387 e. The van der Waals surface area contributed by atoms with E-state index in [4.69, 9.17) is 0 Å². The summed E-state index contributed by atoms with van der Waals surface area (Å²) in [5.41, 5.74) is 7.78. The van der Waals surface area contributed by atoms with E-state index in [0.717, 1.165) is 52.3 Å². The number of aliphatic hydroxyl groups is 1. The molecule has 48 heavy (non-hydrogen) atoms. The van der Waals surface area contributed by atoms with Crippen molar-refractivity contribution in [1.29, 1.82) is 0 Å². The molecule has 0 aliphatic rings. The Kier molecular flexibility index (Phi) is 11.9. The third-order valence-electron chi connectivity index (χ3n) is 8.46. The number of amides is 2. The zero-order valence-electron chi connectivity index (χ0n) is 27.9. The van der Waals surface area contributed by atoms with Gasteiger partial charge in [0, 0.05) is 54.4 Å². The van der Waals surface area contributed by atoms with E-state index in [1.807, 2.05) is 80.6 Å². The molecule has 248 valence electrons. The van der Waals surface area contributed by atoms with Crippen molar-refractivity contribution in [1.82, 2.24) is 25.5 Å². The zero-order chi connectivity index (χ0) is 33.9. The van der Waals surface area contributed by atoms with Gasteiger partial charge >= 0.3 is 0 Å². The predicted octanol–water partition coefficient (Wildman–Crippen LogP) is 5.57. The molecule has 8 nitrogen and oxygen atoms in total. The molecule has 2 atom stereocenters. The third-order valence-corrected chi connectivity index (χ3v) is 8.46. The summed E-state index contributed by atoms with van der Waals surface area (Å²) in [4.78, 5) is 29.8. The molecule has 0 bridgehead atoms. The maximum atomic E-state index is 12.7. The Morgan fingerprint density at radius 3 is 2.21 bits per heavy atom. The molecule has 0 fully saturated rings. The average Bonchev–Trinajstić information content (AvgIpc) is 3.44. The van der Waals surface area contributed by atoms with Crippen molar-refractivity contribution in [3.05, 3.63) is 154 Å². The molecular weight excluding hydrogens is 598 g/mol. The number of aliphatic hydroxyl groups excluding tert-OH is 1. The maximum Gasteiger partial charge on any atom is 0.251 e. The number of hydrogen-bond donors (Lipinski definition) is 4. The van der Waals surface area contributed by atoms with Crippen LogP contribution in [0.15, 0.2) is 109 Å². The van der Waals surface area contributed by atoms with Gasteiger partial charge in [-0.2, -0.15) is 0 Å². The highest BCUT2D eigenvalue weighted by atomic mass is 16.3. The summed E-state index contributed by atoms with van der Waals surface area (Å²) in [6.45, 7) is 7.56. The molecule has 0 radical (unpaired) electrons. The Bertz CT molecular complexity index is 1760. The van der Waals surface area contributed by atoms with Gasteiger partial charge in [0.2, 0.25) is 5.91 Å². The number of carbonyl (C=O) groups excluding carboxylic acids is 2. The van der Waals surface area contributed by atoms with Crippen LogP contribution < -0.4 is 16.0 Å². The van der Waals surface area contributed by atoms with E-state index in [1.54, 1.807) is 18.3 Å². The number of hydrogen-bond acceptors (Lipinski definition) is 5.